The van der Waals surface area contributed by atoms with Gasteiger partial charge in [-0.05, 0) is 57.8 Å². The molecular weight excluding hydrogens is 653 g/mol. The van der Waals surface area contributed by atoms with E-state index in [1.807, 2.05) is 0 Å². The molecule has 4 nitrogen and oxygen atoms in total. The van der Waals surface area contributed by atoms with E-state index in [0.717, 1.165) is 64.2 Å². The molecule has 0 fully saturated rings. The van der Waals surface area contributed by atoms with E-state index in [0.29, 0.717) is 13.0 Å². The summed E-state index contributed by atoms with van der Waals surface area (Å²) in [6.07, 6.45) is 61.5. The van der Waals surface area contributed by atoms with Gasteiger partial charge >= 0.3 is 5.97 Å². The summed E-state index contributed by atoms with van der Waals surface area (Å²) in [6, 6.07) is 0. The first-order chi connectivity index (χ1) is 26.2. The van der Waals surface area contributed by atoms with E-state index in [2.05, 4.69) is 74.6 Å². The van der Waals surface area contributed by atoms with Crippen molar-refractivity contribution in [3.05, 3.63) is 60.8 Å². The van der Waals surface area contributed by atoms with Gasteiger partial charge in [0.15, 0.2) is 0 Å². The topological polar surface area (TPSA) is 55.8 Å². The number of carbonyl (C=O) groups excluding carboxylic acids is 1. The third-order valence-electron chi connectivity index (χ3n) is 9.86. The minimum atomic E-state index is -0.552. The van der Waals surface area contributed by atoms with Crippen LogP contribution in [0.2, 0.25) is 0 Å². The lowest BCUT2D eigenvalue weighted by atomic mass is 10.0. The molecule has 53 heavy (non-hydrogen) atoms. The second-order valence-corrected chi connectivity index (χ2v) is 15.1. The highest BCUT2D eigenvalue weighted by atomic mass is 16.6. The maximum Gasteiger partial charge on any atom is 0.306 e. The lowest BCUT2D eigenvalue weighted by Crippen LogP contribution is -2.27. The van der Waals surface area contributed by atoms with Crippen molar-refractivity contribution >= 4 is 5.97 Å². The Hall–Kier alpha value is -1.91. The molecule has 0 rings (SSSR count). The van der Waals surface area contributed by atoms with E-state index in [1.165, 1.54) is 135 Å². The predicted molar refractivity (Wildman–Crippen MR) is 233 cm³/mol. The quantitative estimate of drug-likeness (QED) is 0.0385. The van der Waals surface area contributed by atoms with Crippen LogP contribution in [0.25, 0.3) is 0 Å². The van der Waals surface area contributed by atoms with Gasteiger partial charge in [-0.3, -0.25) is 4.79 Å². The second kappa shape index (κ2) is 46.2. The number of hydrogen-bond donors (Lipinski definition) is 1. The highest BCUT2D eigenvalue weighted by Crippen LogP contribution is 2.15. The minimum absolute atomic E-state index is 0.185. The fraction of sp³-hybridized carbons (Fsp3) is 0.776. The fourth-order valence-electron chi connectivity index (χ4n) is 6.47. The number of esters is 1. The number of allylic oxidation sites excluding steroid dienone is 10. The van der Waals surface area contributed by atoms with E-state index < -0.39 is 6.10 Å². The smallest absolute Gasteiger partial charge is 0.306 e. The van der Waals surface area contributed by atoms with Gasteiger partial charge in [0.1, 0.15) is 6.10 Å². The van der Waals surface area contributed by atoms with Crippen LogP contribution >= 0.6 is 0 Å². The van der Waals surface area contributed by atoms with Crippen molar-refractivity contribution in [1.29, 1.82) is 0 Å². The third kappa shape index (κ3) is 44.4. The van der Waals surface area contributed by atoms with Crippen molar-refractivity contribution in [2.45, 2.75) is 225 Å². The van der Waals surface area contributed by atoms with Crippen LogP contribution in [0.5, 0.6) is 0 Å². The largest absolute Gasteiger partial charge is 0.457 e. The summed E-state index contributed by atoms with van der Waals surface area (Å²) in [4.78, 5) is 12.2. The molecule has 0 amide bonds. The summed E-state index contributed by atoms with van der Waals surface area (Å²) in [5.74, 6) is -0.230. The normalized spacial score (nSPS) is 12.9. The highest BCUT2D eigenvalue weighted by molar-refractivity contribution is 5.69. The van der Waals surface area contributed by atoms with Crippen molar-refractivity contribution in [2.24, 2.45) is 0 Å². The summed E-state index contributed by atoms with van der Waals surface area (Å²) in [6.45, 7) is 5.22. The Morgan fingerprint density at radius 3 is 1.26 bits per heavy atom. The van der Waals surface area contributed by atoms with Crippen molar-refractivity contribution in [2.75, 3.05) is 19.8 Å². The predicted octanol–water partition coefficient (Wildman–Crippen LogP) is 15.2. The molecule has 0 spiro atoms. The number of aliphatic hydroxyl groups excluding tert-OH is 1. The summed E-state index contributed by atoms with van der Waals surface area (Å²) in [5.41, 5.74) is 0. The van der Waals surface area contributed by atoms with Gasteiger partial charge in [0, 0.05) is 13.0 Å². The number of ether oxygens (including phenoxy) is 2. The molecule has 0 aromatic heterocycles. The van der Waals surface area contributed by atoms with Crippen LogP contribution < -0.4 is 0 Å². The number of hydrogen-bond acceptors (Lipinski definition) is 4. The van der Waals surface area contributed by atoms with Crippen LogP contribution in [0.3, 0.4) is 0 Å². The Morgan fingerprint density at radius 1 is 0.472 bits per heavy atom. The number of aliphatic hydroxyl groups is 1. The van der Waals surface area contributed by atoms with Crippen LogP contribution in [-0.4, -0.2) is 37.0 Å². The first-order valence-electron chi connectivity index (χ1n) is 22.9. The van der Waals surface area contributed by atoms with Crippen LogP contribution in [0.15, 0.2) is 60.8 Å². The SMILES string of the molecule is CC/C=C\C/C=C\C/C=C\C/C=C\C/C=C\CCCCCC(=O)OC(CO)COCCCCCCCCCCCCCCCCCCCCCCCC. The first-order valence-corrected chi connectivity index (χ1v) is 22.9. The Bertz CT molecular complexity index is 870. The molecule has 0 aliphatic heterocycles. The second-order valence-electron chi connectivity index (χ2n) is 15.1. The van der Waals surface area contributed by atoms with E-state index in [1.54, 1.807) is 0 Å². The molecule has 0 bridgehead atoms. The van der Waals surface area contributed by atoms with E-state index in [-0.39, 0.29) is 19.2 Å². The molecule has 0 heterocycles. The van der Waals surface area contributed by atoms with Gasteiger partial charge in [0.05, 0.1) is 13.2 Å². The summed E-state index contributed by atoms with van der Waals surface area (Å²) >= 11 is 0. The zero-order chi connectivity index (χ0) is 38.4. The average Bonchev–Trinajstić information content (AvgIpc) is 3.16. The van der Waals surface area contributed by atoms with Gasteiger partial charge in [0.2, 0.25) is 0 Å². The molecule has 0 aliphatic carbocycles. The molecule has 0 aromatic rings. The molecule has 0 aliphatic rings. The van der Waals surface area contributed by atoms with E-state index in [4.69, 9.17) is 9.47 Å². The lowest BCUT2D eigenvalue weighted by molar-refractivity contribution is -0.154. The molecule has 0 saturated heterocycles. The van der Waals surface area contributed by atoms with Gasteiger partial charge in [-0.2, -0.15) is 0 Å². The van der Waals surface area contributed by atoms with Gasteiger partial charge in [-0.1, -0.05) is 216 Å². The molecule has 0 aromatic carbocycles. The highest BCUT2D eigenvalue weighted by Gasteiger charge is 2.13. The molecular formula is C49H88O4. The Morgan fingerprint density at radius 2 is 0.849 bits per heavy atom. The molecule has 4 heteroatoms. The van der Waals surface area contributed by atoms with Crippen LogP contribution in [0.1, 0.15) is 219 Å². The van der Waals surface area contributed by atoms with Crippen molar-refractivity contribution in [3.63, 3.8) is 0 Å². The zero-order valence-electron chi connectivity index (χ0n) is 35.3. The van der Waals surface area contributed by atoms with Gasteiger partial charge in [-0.15, -0.1) is 0 Å². The van der Waals surface area contributed by atoms with Crippen molar-refractivity contribution in [1.82, 2.24) is 0 Å². The molecule has 1 unspecified atom stereocenters. The Labute approximate surface area is 330 Å². The third-order valence-corrected chi connectivity index (χ3v) is 9.86. The zero-order valence-corrected chi connectivity index (χ0v) is 35.3. The average molecular weight is 741 g/mol. The minimum Gasteiger partial charge on any atom is -0.457 e. The van der Waals surface area contributed by atoms with Gasteiger partial charge in [-0.25, -0.2) is 0 Å². The number of carbonyl (C=O) groups is 1. The van der Waals surface area contributed by atoms with Crippen molar-refractivity contribution in [3.8, 4) is 0 Å². The molecule has 1 atom stereocenters. The van der Waals surface area contributed by atoms with E-state index in [9.17, 15) is 9.90 Å². The standard InChI is InChI=1S/C49H88O4/c1-3-5-7-9-11-13-15-17-19-21-23-24-25-27-29-31-33-35-37-39-41-43-45-52-47-48(46-50)53-49(51)44-42-40-38-36-34-32-30-28-26-22-20-18-16-14-12-10-8-6-4-2/h6,8,12,14,18,20,26,28,32,34,48,50H,3-5,7,9-11,13,15-17,19,21-25,27,29-31,33,35-47H2,1-2H3/b8-6-,14-12-,20-18-,28-26-,34-32-. The number of rotatable bonds is 42. The molecule has 0 radical (unpaired) electrons. The Balaban J connectivity index is 3.46. The molecule has 308 valence electrons. The maximum atomic E-state index is 12.2. The van der Waals surface area contributed by atoms with Gasteiger partial charge < -0.3 is 14.6 Å². The monoisotopic (exact) mass is 741 g/mol. The van der Waals surface area contributed by atoms with E-state index >= 15 is 0 Å². The fourth-order valence-corrected chi connectivity index (χ4v) is 6.47. The van der Waals surface area contributed by atoms with Crippen molar-refractivity contribution < 1.29 is 19.4 Å². The molecule has 0 saturated carbocycles. The van der Waals surface area contributed by atoms with Crippen LogP contribution in [0, 0.1) is 0 Å². The van der Waals surface area contributed by atoms with Crippen LogP contribution in [-0.2, 0) is 14.3 Å². The maximum absolute atomic E-state index is 12.2. The Kier molecular flexibility index (Phi) is 44.6. The molecule has 1 N–H and O–H groups in total. The summed E-state index contributed by atoms with van der Waals surface area (Å²) in [7, 11) is 0. The first kappa shape index (κ1) is 51.1. The summed E-state index contributed by atoms with van der Waals surface area (Å²) in [5, 5.41) is 9.61. The summed E-state index contributed by atoms with van der Waals surface area (Å²) < 4.78 is 11.2. The van der Waals surface area contributed by atoms with Crippen LogP contribution in [0.4, 0.5) is 0 Å². The number of unbranched alkanes of at least 4 members (excludes halogenated alkanes) is 24. The van der Waals surface area contributed by atoms with Gasteiger partial charge in [0.25, 0.3) is 0 Å². The lowest BCUT2D eigenvalue weighted by Gasteiger charge is -2.15.